The highest BCUT2D eigenvalue weighted by Crippen LogP contribution is 2.47. The maximum atomic E-state index is 13.9. The number of aliphatic hydroxyl groups excluding tert-OH is 1. The number of benzene rings is 2. The zero-order chi connectivity index (χ0) is 28.3. The van der Waals surface area contributed by atoms with Crippen molar-refractivity contribution in [3.8, 4) is 11.5 Å². The third kappa shape index (κ3) is 6.36. The number of primary amides is 1. The fourth-order valence-corrected chi connectivity index (χ4v) is 7.06. The van der Waals surface area contributed by atoms with Crippen LogP contribution in [-0.2, 0) is 19.4 Å². The zero-order valence-electron chi connectivity index (χ0n) is 22.4. The van der Waals surface area contributed by atoms with Crippen LogP contribution in [0, 0.1) is 5.41 Å². The van der Waals surface area contributed by atoms with Gasteiger partial charge in [0.25, 0.3) is 0 Å². The Morgan fingerprint density at radius 1 is 1.18 bits per heavy atom. The van der Waals surface area contributed by atoms with Crippen molar-refractivity contribution >= 4 is 33.0 Å². The summed E-state index contributed by atoms with van der Waals surface area (Å²) < 4.78 is 45.5. The fourth-order valence-electron chi connectivity index (χ4n) is 4.87. The lowest BCUT2D eigenvalue weighted by Gasteiger charge is -2.40. The van der Waals surface area contributed by atoms with E-state index in [0.717, 1.165) is 0 Å². The predicted molar refractivity (Wildman–Crippen MR) is 148 cm³/mol. The van der Waals surface area contributed by atoms with Crippen molar-refractivity contribution in [3.05, 3.63) is 52.5 Å². The summed E-state index contributed by atoms with van der Waals surface area (Å²) in [4.78, 5) is 14.0. The standard InChI is InChI=1S/C27H37ClN2O7S/c1-6-12-38(33,34)26-22(14-23(29)32)37-24(18-8-7-9-21(35-4)25(18)36-5)19-13-17(28)10-11-20(19)30(26)15-27(2,3)16-31/h7-11,13,22,24,26,31H,6,12,14-16H2,1-5H3,(H2,29,32)/t22-,24-,26?/m1/s1. The number of carbonyl (C=O) groups is 1. The Bertz CT molecular complexity index is 1250. The molecule has 1 heterocycles. The van der Waals surface area contributed by atoms with Gasteiger partial charge in [0.1, 0.15) is 12.2 Å². The predicted octanol–water partition coefficient (Wildman–Crippen LogP) is 3.70. The second kappa shape index (κ2) is 12.1. The Labute approximate surface area is 229 Å². The van der Waals surface area contributed by atoms with Crippen LogP contribution in [0.15, 0.2) is 36.4 Å². The molecule has 2 aromatic carbocycles. The molecule has 0 saturated carbocycles. The summed E-state index contributed by atoms with van der Waals surface area (Å²) in [5.41, 5.74) is 6.65. The van der Waals surface area contributed by atoms with Crippen LogP contribution in [0.2, 0.25) is 5.02 Å². The maximum absolute atomic E-state index is 13.9. The molecule has 1 unspecified atom stereocenters. The average molecular weight is 569 g/mol. The molecule has 3 rings (SSSR count). The van der Waals surface area contributed by atoms with Gasteiger partial charge in [-0.3, -0.25) is 4.79 Å². The van der Waals surface area contributed by atoms with Crippen molar-refractivity contribution in [1.29, 1.82) is 0 Å². The Morgan fingerprint density at radius 3 is 2.47 bits per heavy atom. The third-order valence-corrected chi connectivity index (χ3v) is 9.03. The molecule has 38 heavy (non-hydrogen) atoms. The lowest BCUT2D eigenvalue weighted by atomic mass is 9.92. The van der Waals surface area contributed by atoms with E-state index < -0.39 is 38.7 Å². The SMILES string of the molecule is CCCS(=O)(=O)C1[C@@H](CC(N)=O)O[C@H](c2cccc(OC)c2OC)c2cc(Cl)ccc2N1CC(C)(C)CO. The molecule has 0 bridgehead atoms. The Hall–Kier alpha value is -2.53. The third-order valence-electron chi connectivity index (χ3n) is 6.52. The van der Waals surface area contributed by atoms with Crippen LogP contribution in [0.4, 0.5) is 5.69 Å². The molecule has 0 aliphatic carbocycles. The molecular weight excluding hydrogens is 532 g/mol. The summed E-state index contributed by atoms with van der Waals surface area (Å²) in [6, 6.07) is 10.4. The molecular formula is C27H37ClN2O7S. The van der Waals surface area contributed by atoms with Crippen LogP contribution in [-0.4, -0.2) is 64.0 Å². The Kier molecular flexibility index (Phi) is 9.57. The molecule has 0 spiro atoms. The second-order valence-corrected chi connectivity index (χ2v) is 12.9. The fraction of sp³-hybridized carbons (Fsp3) is 0.519. The van der Waals surface area contributed by atoms with Crippen molar-refractivity contribution in [2.45, 2.75) is 51.2 Å². The zero-order valence-corrected chi connectivity index (χ0v) is 24.0. The minimum absolute atomic E-state index is 0.123. The van der Waals surface area contributed by atoms with E-state index in [0.29, 0.717) is 39.8 Å². The number of hydrogen-bond donors (Lipinski definition) is 2. The molecule has 1 amide bonds. The number of fused-ring (bicyclic) bond motifs is 1. The summed E-state index contributed by atoms with van der Waals surface area (Å²) >= 11 is 6.46. The maximum Gasteiger partial charge on any atom is 0.220 e. The molecule has 9 nitrogen and oxygen atoms in total. The summed E-state index contributed by atoms with van der Waals surface area (Å²) in [5.74, 6) is 0.0400. The van der Waals surface area contributed by atoms with Crippen molar-refractivity contribution < 1.29 is 32.5 Å². The number of aliphatic hydroxyl groups is 1. The molecule has 1 aliphatic heterocycles. The monoisotopic (exact) mass is 568 g/mol. The Morgan fingerprint density at radius 2 is 1.89 bits per heavy atom. The van der Waals surface area contributed by atoms with E-state index in [1.807, 2.05) is 13.8 Å². The molecule has 0 saturated heterocycles. The summed E-state index contributed by atoms with van der Waals surface area (Å²) in [7, 11) is -0.827. The quantitative estimate of drug-likeness (QED) is 0.420. The highest BCUT2D eigenvalue weighted by molar-refractivity contribution is 7.92. The number of amides is 1. The van der Waals surface area contributed by atoms with Gasteiger partial charge in [0.2, 0.25) is 5.91 Å². The number of ether oxygens (including phenoxy) is 3. The van der Waals surface area contributed by atoms with Gasteiger partial charge in [-0.25, -0.2) is 8.42 Å². The molecule has 210 valence electrons. The molecule has 11 heteroatoms. The number of anilines is 1. The summed E-state index contributed by atoms with van der Waals surface area (Å²) in [6.07, 6.45) is -1.97. The average Bonchev–Trinajstić information content (AvgIpc) is 2.97. The van der Waals surface area contributed by atoms with E-state index in [1.54, 1.807) is 48.2 Å². The minimum atomic E-state index is -3.85. The van der Waals surface area contributed by atoms with Crippen molar-refractivity contribution in [2.75, 3.05) is 38.0 Å². The molecule has 3 atom stereocenters. The van der Waals surface area contributed by atoms with E-state index in [1.165, 1.54) is 14.2 Å². The smallest absolute Gasteiger partial charge is 0.220 e. The molecule has 0 fully saturated rings. The Balaban J connectivity index is 2.40. The van der Waals surface area contributed by atoms with E-state index in [2.05, 4.69) is 0 Å². The van der Waals surface area contributed by atoms with E-state index >= 15 is 0 Å². The number of nitrogens with zero attached hydrogens (tertiary/aromatic N) is 1. The normalized spacial score (nSPS) is 20.0. The second-order valence-electron chi connectivity index (χ2n) is 10.2. The van der Waals surface area contributed by atoms with Crippen LogP contribution in [0.5, 0.6) is 11.5 Å². The first-order valence-corrected chi connectivity index (χ1v) is 14.5. The molecule has 1 aliphatic rings. The van der Waals surface area contributed by atoms with E-state index in [-0.39, 0.29) is 25.3 Å². The largest absolute Gasteiger partial charge is 0.493 e. The lowest BCUT2D eigenvalue weighted by molar-refractivity contribution is -0.121. The first-order chi connectivity index (χ1) is 17.9. The van der Waals surface area contributed by atoms with Gasteiger partial charge in [-0.15, -0.1) is 0 Å². The summed E-state index contributed by atoms with van der Waals surface area (Å²) in [5, 5.41) is 9.28. The molecule has 0 aromatic heterocycles. The highest BCUT2D eigenvalue weighted by atomic mass is 35.5. The van der Waals surface area contributed by atoms with Crippen LogP contribution in [0.1, 0.15) is 50.8 Å². The number of methoxy groups -OCH3 is 2. The molecule has 3 N–H and O–H groups in total. The van der Waals surface area contributed by atoms with Crippen LogP contribution < -0.4 is 20.1 Å². The summed E-state index contributed by atoms with van der Waals surface area (Å²) in [6.45, 7) is 5.42. The van der Waals surface area contributed by atoms with Gasteiger partial charge in [-0.1, -0.05) is 44.5 Å². The van der Waals surface area contributed by atoms with E-state index in [4.69, 9.17) is 31.5 Å². The van der Waals surface area contributed by atoms with Crippen LogP contribution in [0.3, 0.4) is 0 Å². The number of nitrogens with two attached hydrogens (primary N) is 1. The van der Waals surface area contributed by atoms with Gasteiger partial charge in [0, 0.05) is 40.4 Å². The van der Waals surface area contributed by atoms with Gasteiger partial charge in [0.15, 0.2) is 26.7 Å². The first-order valence-electron chi connectivity index (χ1n) is 12.4. The van der Waals surface area contributed by atoms with Gasteiger partial charge in [-0.05, 0) is 30.7 Å². The molecule has 0 radical (unpaired) electrons. The van der Waals surface area contributed by atoms with E-state index in [9.17, 15) is 18.3 Å². The minimum Gasteiger partial charge on any atom is -0.493 e. The van der Waals surface area contributed by atoms with Gasteiger partial charge in [-0.2, -0.15) is 0 Å². The van der Waals surface area contributed by atoms with Crippen LogP contribution in [0.25, 0.3) is 0 Å². The van der Waals surface area contributed by atoms with Crippen molar-refractivity contribution in [1.82, 2.24) is 0 Å². The number of rotatable bonds is 11. The van der Waals surface area contributed by atoms with Gasteiger partial charge >= 0.3 is 0 Å². The lowest BCUT2D eigenvalue weighted by Crippen LogP contribution is -2.54. The van der Waals surface area contributed by atoms with Gasteiger partial charge in [0.05, 0.1) is 26.4 Å². The van der Waals surface area contributed by atoms with Crippen molar-refractivity contribution in [3.63, 3.8) is 0 Å². The van der Waals surface area contributed by atoms with Crippen LogP contribution >= 0.6 is 11.6 Å². The highest BCUT2D eigenvalue weighted by Gasteiger charge is 2.46. The number of para-hydroxylation sites is 1. The molecule has 2 aromatic rings. The number of carbonyl (C=O) groups excluding carboxylic acids is 1. The topological polar surface area (TPSA) is 128 Å². The number of halogens is 1. The number of hydrogen-bond acceptors (Lipinski definition) is 8. The van der Waals surface area contributed by atoms with Gasteiger partial charge < -0.3 is 30.0 Å². The van der Waals surface area contributed by atoms with Crippen molar-refractivity contribution in [2.24, 2.45) is 11.1 Å². The first kappa shape index (κ1) is 30.0. The number of sulfone groups is 1.